The Labute approximate surface area is 96.0 Å². The van der Waals surface area contributed by atoms with Crippen molar-refractivity contribution in [1.82, 2.24) is 0 Å². The summed E-state index contributed by atoms with van der Waals surface area (Å²) >= 11 is 0. The van der Waals surface area contributed by atoms with Crippen molar-refractivity contribution in [2.75, 3.05) is 13.1 Å². The van der Waals surface area contributed by atoms with Gasteiger partial charge in [0.2, 0.25) is 0 Å². The number of allylic oxidation sites excluding steroid dienone is 3. The molecule has 0 atom stereocenters. The molecule has 0 saturated carbocycles. The fourth-order valence-corrected chi connectivity index (χ4v) is 0.163. The van der Waals surface area contributed by atoms with Crippen LogP contribution in [0.2, 0.25) is 0 Å². The zero-order valence-corrected chi connectivity index (χ0v) is 9.00. The zero-order valence-electron chi connectivity index (χ0n) is 9.00. The second-order valence-corrected chi connectivity index (χ2v) is 1.72. The van der Waals surface area contributed by atoms with Crippen molar-refractivity contribution >= 4 is 0 Å². The van der Waals surface area contributed by atoms with Gasteiger partial charge in [0.05, 0.1) is 18.2 Å². The number of rotatable bonds is 3. The third-order valence-electron chi connectivity index (χ3n) is 0.641. The van der Waals surface area contributed by atoms with E-state index in [1.807, 2.05) is 0 Å². The predicted molar refractivity (Wildman–Crippen MR) is 62.0 cm³/mol. The first-order chi connectivity index (χ1) is 7.74. The SMILES string of the molecule is C=CC#N.C=CC=C.N#CCN=NCC#N. The van der Waals surface area contributed by atoms with Gasteiger partial charge in [-0.15, -0.1) is 0 Å². The van der Waals surface area contributed by atoms with E-state index in [0.717, 1.165) is 0 Å². The lowest BCUT2D eigenvalue weighted by Gasteiger charge is -1.71. The molecule has 0 unspecified atom stereocenters. The standard InChI is InChI=1S/C4H4N4.C4H6.C3H3N/c5-1-3-7-8-4-2-6;1-3-4-2;1-2-3-4/h3-4H2;3-4H,1-2H2;2H,1H2. The molecule has 0 saturated heterocycles. The molecule has 5 heteroatoms. The first-order valence-electron chi connectivity index (χ1n) is 4.06. The van der Waals surface area contributed by atoms with E-state index in [1.54, 1.807) is 30.4 Å². The van der Waals surface area contributed by atoms with Gasteiger partial charge in [-0.2, -0.15) is 26.0 Å². The third kappa shape index (κ3) is 65.0. The van der Waals surface area contributed by atoms with E-state index in [1.165, 1.54) is 6.08 Å². The lowest BCUT2D eigenvalue weighted by atomic mass is 10.6. The molecule has 0 aromatic heterocycles. The van der Waals surface area contributed by atoms with Crippen molar-refractivity contribution in [2.24, 2.45) is 10.2 Å². The Hall–Kier alpha value is -2.71. The van der Waals surface area contributed by atoms with Crippen LogP contribution in [0.15, 0.2) is 48.2 Å². The minimum atomic E-state index is 0.0433. The van der Waals surface area contributed by atoms with Gasteiger partial charge in [-0.3, -0.25) is 0 Å². The molecule has 16 heavy (non-hydrogen) atoms. The summed E-state index contributed by atoms with van der Waals surface area (Å²) in [6.45, 7) is 9.93. The Morgan fingerprint density at radius 3 is 1.31 bits per heavy atom. The summed E-state index contributed by atoms with van der Waals surface area (Å²) in [5.41, 5.74) is 0. The average Bonchev–Trinajstić information content (AvgIpc) is 2.35. The summed E-state index contributed by atoms with van der Waals surface area (Å²) < 4.78 is 0. The van der Waals surface area contributed by atoms with Gasteiger partial charge in [0, 0.05) is 6.08 Å². The van der Waals surface area contributed by atoms with Crippen molar-refractivity contribution < 1.29 is 0 Å². The molecule has 0 bridgehead atoms. The van der Waals surface area contributed by atoms with E-state index in [2.05, 4.69) is 30.0 Å². The Balaban J connectivity index is -0.000000179. The fraction of sp³-hybridized carbons (Fsp3) is 0.182. The van der Waals surface area contributed by atoms with Gasteiger partial charge in [0.15, 0.2) is 0 Å². The van der Waals surface area contributed by atoms with Crippen LogP contribution in [-0.2, 0) is 0 Å². The molecule has 0 aromatic carbocycles. The molecular weight excluding hydrogens is 202 g/mol. The highest BCUT2D eigenvalue weighted by Gasteiger charge is 1.70. The molecular formula is C11H13N5. The maximum absolute atomic E-state index is 7.88. The van der Waals surface area contributed by atoms with Crippen LogP contribution in [0.1, 0.15) is 0 Å². The van der Waals surface area contributed by atoms with Crippen molar-refractivity contribution in [3.05, 3.63) is 38.0 Å². The molecule has 82 valence electrons. The summed E-state index contributed by atoms with van der Waals surface area (Å²) in [4.78, 5) is 0. The Morgan fingerprint density at radius 2 is 1.19 bits per heavy atom. The van der Waals surface area contributed by atoms with Gasteiger partial charge in [-0.25, -0.2) is 0 Å². The fourth-order valence-electron chi connectivity index (χ4n) is 0.163. The van der Waals surface area contributed by atoms with Gasteiger partial charge in [0.1, 0.15) is 13.1 Å². The van der Waals surface area contributed by atoms with E-state index in [-0.39, 0.29) is 13.1 Å². The molecule has 0 fully saturated rings. The van der Waals surface area contributed by atoms with Crippen LogP contribution < -0.4 is 0 Å². The van der Waals surface area contributed by atoms with E-state index in [9.17, 15) is 0 Å². The number of hydrogen-bond donors (Lipinski definition) is 0. The second kappa shape index (κ2) is 29.5. The molecule has 0 amide bonds. The van der Waals surface area contributed by atoms with Crippen molar-refractivity contribution in [2.45, 2.75) is 0 Å². The highest BCUT2D eigenvalue weighted by atomic mass is 15.1. The van der Waals surface area contributed by atoms with E-state index < -0.39 is 0 Å². The monoisotopic (exact) mass is 215 g/mol. The van der Waals surface area contributed by atoms with Crippen LogP contribution in [0, 0.1) is 34.0 Å². The van der Waals surface area contributed by atoms with Crippen LogP contribution in [0.5, 0.6) is 0 Å². The minimum absolute atomic E-state index is 0.0433. The van der Waals surface area contributed by atoms with Crippen molar-refractivity contribution in [3.63, 3.8) is 0 Å². The number of nitrogens with zero attached hydrogens (tertiary/aromatic N) is 5. The molecule has 0 radical (unpaired) electrons. The maximum atomic E-state index is 7.88. The topological polar surface area (TPSA) is 96.1 Å². The first-order valence-corrected chi connectivity index (χ1v) is 4.06. The molecule has 0 aliphatic heterocycles. The normalized spacial score (nSPS) is 6.31. The lowest BCUT2D eigenvalue weighted by molar-refractivity contribution is 0.986. The summed E-state index contributed by atoms with van der Waals surface area (Å²) in [5, 5.41) is 29.9. The van der Waals surface area contributed by atoms with Crippen LogP contribution in [0.4, 0.5) is 0 Å². The molecule has 0 aliphatic carbocycles. The average molecular weight is 215 g/mol. The Kier molecular flexibility index (Phi) is 34.9. The molecule has 0 spiro atoms. The van der Waals surface area contributed by atoms with Gasteiger partial charge in [-0.05, 0) is 0 Å². The maximum Gasteiger partial charge on any atom is 0.146 e. The minimum Gasteiger partial charge on any atom is -0.196 e. The van der Waals surface area contributed by atoms with Gasteiger partial charge in [0.25, 0.3) is 0 Å². The van der Waals surface area contributed by atoms with E-state index in [4.69, 9.17) is 15.8 Å². The van der Waals surface area contributed by atoms with Gasteiger partial charge < -0.3 is 0 Å². The lowest BCUT2D eigenvalue weighted by Crippen LogP contribution is -1.71. The van der Waals surface area contributed by atoms with Crippen molar-refractivity contribution in [1.29, 1.82) is 15.8 Å². The van der Waals surface area contributed by atoms with Crippen LogP contribution in [-0.4, -0.2) is 13.1 Å². The summed E-state index contributed by atoms with van der Waals surface area (Å²) in [7, 11) is 0. The summed E-state index contributed by atoms with van der Waals surface area (Å²) in [6, 6.07) is 5.21. The molecule has 0 aromatic rings. The summed E-state index contributed by atoms with van der Waals surface area (Å²) in [5.74, 6) is 0. The molecule has 0 N–H and O–H groups in total. The largest absolute Gasteiger partial charge is 0.196 e. The Morgan fingerprint density at radius 1 is 0.875 bits per heavy atom. The van der Waals surface area contributed by atoms with Crippen LogP contribution in [0.3, 0.4) is 0 Å². The van der Waals surface area contributed by atoms with Gasteiger partial charge >= 0.3 is 0 Å². The quantitative estimate of drug-likeness (QED) is 0.313. The number of nitriles is 3. The third-order valence-corrected chi connectivity index (χ3v) is 0.641. The molecule has 0 rings (SSSR count). The smallest absolute Gasteiger partial charge is 0.146 e. The second-order valence-electron chi connectivity index (χ2n) is 1.72. The van der Waals surface area contributed by atoms with Crippen LogP contribution in [0.25, 0.3) is 0 Å². The summed E-state index contributed by atoms with van der Waals surface area (Å²) in [6.07, 6.45) is 4.46. The molecule has 5 nitrogen and oxygen atoms in total. The first kappa shape index (κ1) is 19.0. The highest BCUT2D eigenvalue weighted by Crippen LogP contribution is 1.70. The van der Waals surface area contributed by atoms with E-state index >= 15 is 0 Å². The predicted octanol–water partition coefficient (Wildman–Crippen LogP) is 2.54. The number of hydrogen-bond acceptors (Lipinski definition) is 5. The zero-order chi connectivity index (χ0) is 13.1. The van der Waals surface area contributed by atoms with Gasteiger partial charge in [-0.1, -0.05) is 31.9 Å². The molecule has 0 heterocycles. The number of azo groups is 1. The van der Waals surface area contributed by atoms with Crippen molar-refractivity contribution in [3.8, 4) is 18.2 Å². The van der Waals surface area contributed by atoms with Crippen LogP contribution >= 0.6 is 0 Å². The Bertz CT molecular complexity index is 298. The highest BCUT2D eigenvalue weighted by molar-refractivity contribution is 4.93. The molecule has 0 aliphatic rings. The van der Waals surface area contributed by atoms with E-state index in [0.29, 0.717) is 0 Å².